The summed E-state index contributed by atoms with van der Waals surface area (Å²) in [5.41, 5.74) is 0. The predicted molar refractivity (Wildman–Crippen MR) is 44.3 cm³/mol. The Bertz CT molecular complexity index is 196. The molecule has 0 aromatic carbocycles. The zero-order valence-electron chi connectivity index (χ0n) is 7.94. The van der Waals surface area contributed by atoms with Crippen LogP contribution in [-0.4, -0.2) is 5.78 Å². The number of carbonyl (C=O) groups is 1. The third-order valence-electron chi connectivity index (χ3n) is 3.06. The summed E-state index contributed by atoms with van der Waals surface area (Å²) in [5, 5.41) is 0. The Morgan fingerprint density at radius 1 is 1.18 bits per heavy atom. The number of rotatable bonds is 1. The lowest BCUT2D eigenvalue weighted by atomic mass is 9.89. The van der Waals surface area contributed by atoms with E-state index in [1.54, 1.807) is 0 Å². The Morgan fingerprint density at radius 3 is 2.45 bits per heavy atom. The maximum atomic E-state index is 11.5. The molecule has 0 amide bonds. The van der Waals surface area contributed by atoms with Gasteiger partial charge in [-0.2, -0.15) is 0 Å². The molecular formula is C10H16O. The molecule has 1 unspecified atom stereocenters. The number of Topliss-reactive ketones (excluding diaryl/α,β-unsaturated/α-hetero) is 1. The molecule has 0 spiro atoms. The first-order chi connectivity index (χ1) is 5.73. The third kappa shape index (κ3) is 1.33. The minimum absolute atomic E-state index is 0.217. The van der Waals surface area contributed by atoms with Crippen LogP contribution in [0.25, 0.3) is 0 Å². The quantitative estimate of drug-likeness (QED) is 0.565. The molecule has 62 valence electrons. The van der Waals surface area contributed by atoms with Crippen LogP contribution < -0.4 is 0 Å². The summed E-state index contributed by atoms with van der Waals surface area (Å²) < 4.78 is 8.13. The van der Waals surface area contributed by atoms with Crippen LogP contribution in [0.1, 0.15) is 46.3 Å². The van der Waals surface area contributed by atoms with Gasteiger partial charge in [-0.1, -0.05) is 12.8 Å². The van der Waals surface area contributed by atoms with E-state index in [1.165, 1.54) is 12.8 Å². The summed E-state index contributed by atoms with van der Waals surface area (Å²) in [5.74, 6) is -0.0434. The highest BCUT2D eigenvalue weighted by molar-refractivity contribution is 5.83. The van der Waals surface area contributed by atoms with Crippen LogP contribution in [0.3, 0.4) is 0 Å². The molecule has 0 radical (unpaired) electrons. The second kappa shape index (κ2) is 2.96. The van der Waals surface area contributed by atoms with Gasteiger partial charge in [0.15, 0.2) is 0 Å². The van der Waals surface area contributed by atoms with Gasteiger partial charge in [-0.15, -0.1) is 0 Å². The van der Waals surface area contributed by atoms with Crippen molar-refractivity contribution in [3.8, 4) is 0 Å². The molecule has 2 aliphatic carbocycles. The lowest BCUT2D eigenvalue weighted by Gasteiger charge is -2.14. The number of hydrogen-bond acceptors (Lipinski definition) is 1. The first kappa shape index (κ1) is 6.22. The van der Waals surface area contributed by atoms with E-state index in [0.29, 0.717) is 12.3 Å². The van der Waals surface area contributed by atoms with Crippen LogP contribution in [0, 0.1) is 11.8 Å². The average molecular weight is 153 g/mol. The summed E-state index contributed by atoms with van der Waals surface area (Å²) in [7, 11) is 0. The van der Waals surface area contributed by atoms with Crippen LogP contribution in [-0.2, 0) is 4.79 Å². The summed E-state index contributed by atoms with van der Waals surface area (Å²) in [4.78, 5) is 11.5. The largest absolute Gasteiger partial charge is 0.299 e. The molecule has 1 atom stereocenters. The van der Waals surface area contributed by atoms with Crippen LogP contribution in [0.5, 0.6) is 0 Å². The van der Waals surface area contributed by atoms with Gasteiger partial charge in [-0.25, -0.2) is 0 Å². The maximum absolute atomic E-state index is 11.5. The fraction of sp³-hybridized carbons (Fsp3) is 0.900. The molecule has 0 aliphatic heterocycles. The highest BCUT2D eigenvalue weighted by atomic mass is 16.1. The molecule has 0 aromatic rings. The van der Waals surface area contributed by atoms with E-state index in [2.05, 4.69) is 0 Å². The van der Waals surface area contributed by atoms with Gasteiger partial charge in [0.1, 0.15) is 5.78 Å². The van der Waals surface area contributed by atoms with Gasteiger partial charge in [0.2, 0.25) is 0 Å². The lowest BCUT2D eigenvalue weighted by Crippen LogP contribution is -2.15. The zero-order valence-corrected chi connectivity index (χ0v) is 6.94. The molecule has 1 nitrogen and oxygen atoms in total. The van der Waals surface area contributed by atoms with E-state index in [1.807, 2.05) is 0 Å². The second-order valence-electron chi connectivity index (χ2n) is 3.78. The van der Waals surface area contributed by atoms with Crippen molar-refractivity contribution in [2.45, 2.75) is 44.9 Å². The Labute approximate surface area is 69.6 Å². The highest BCUT2D eigenvalue weighted by Gasteiger charge is 2.33. The Kier molecular flexibility index (Phi) is 1.67. The molecule has 2 aliphatic rings. The van der Waals surface area contributed by atoms with E-state index in [0.717, 1.165) is 25.7 Å². The van der Waals surface area contributed by atoms with Crippen molar-refractivity contribution in [1.82, 2.24) is 0 Å². The normalized spacial score (nSPS) is 41.5. The van der Waals surface area contributed by atoms with Crippen molar-refractivity contribution in [3.63, 3.8) is 0 Å². The third-order valence-corrected chi connectivity index (χ3v) is 3.06. The van der Waals surface area contributed by atoms with Crippen LogP contribution >= 0.6 is 0 Å². The molecule has 0 heterocycles. The Balaban J connectivity index is 2.13. The standard InChI is InChI=1S/C10H16O/c11-10-7-3-6-9(10)8-4-1-2-5-8/h8-9H,1-7H2/i9D. The molecule has 1 heteroatoms. The topological polar surface area (TPSA) is 17.1 Å². The van der Waals surface area contributed by atoms with Gasteiger partial charge in [0.25, 0.3) is 0 Å². The van der Waals surface area contributed by atoms with Crippen molar-refractivity contribution in [3.05, 3.63) is 0 Å². The smallest absolute Gasteiger partial charge is 0.136 e. The SMILES string of the molecule is [2H]C1(C2CCCC2)CCCC1=O. The molecule has 0 aromatic heterocycles. The van der Waals surface area contributed by atoms with Crippen molar-refractivity contribution in [2.75, 3.05) is 0 Å². The molecule has 2 saturated carbocycles. The van der Waals surface area contributed by atoms with E-state index in [4.69, 9.17) is 1.37 Å². The summed E-state index contributed by atoms with van der Waals surface area (Å²) >= 11 is 0. The molecule has 2 fully saturated rings. The van der Waals surface area contributed by atoms with Crippen LogP contribution in [0.15, 0.2) is 0 Å². The fourth-order valence-corrected chi connectivity index (χ4v) is 2.45. The average Bonchev–Trinajstić information content (AvgIpc) is 2.62. The van der Waals surface area contributed by atoms with Gasteiger partial charge in [0, 0.05) is 13.7 Å². The van der Waals surface area contributed by atoms with E-state index >= 15 is 0 Å². The van der Waals surface area contributed by atoms with Gasteiger partial charge in [-0.05, 0) is 31.6 Å². The molecular weight excluding hydrogens is 136 g/mol. The van der Waals surface area contributed by atoms with Crippen LogP contribution in [0.2, 0.25) is 0 Å². The van der Waals surface area contributed by atoms with E-state index < -0.39 is 5.89 Å². The number of carbonyl (C=O) groups excluding carboxylic acids is 1. The first-order valence-electron chi connectivity index (χ1n) is 5.27. The maximum Gasteiger partial charge on any atom is 0.136 e. The van der Waals surface area contributed by atoms with Crippen molar-refractivity contribution < 1.29 is 6.17 Å². The number of ketones is 1. The first-order valence-corrected chi connectivity index (χ1v) is 4.77. The minimum atomic E-state index is -0.656. The van der Waals surface area contributed by atoms with Gasteiger partial charge in [0.05, 0.1) is 0 Å². The second-order valence-corrected chi connectivity index (χ2v) is 3.78. The molecule has 2 rings (SSSR count). The summed E-state index contributed by atoms with van der Waals surface area (Å²) in [6, 6.07) is 0. The summed E-state index contributed by atoms with van der Waals surface area (Å²) in [6.45, 7) is 0. The molecule has 0 N–H and O–H groups in total. The van der Waals surface area contributed by atoms with Crippen molar-refractivity contribution in [1.29, 1.82) is 0 Å². The zero-order chi connectivity index (χ0) is 8.60. The van der Waals surface area contributed by atoms with Gasteiger partial charge in [-0.3, -0.25) is 4.79 Å². The molecule has 11 heavy (non-hydrogen) atoms. The minimum Gasteiger partial charge on any atom is -0.299 e. The number of hydrogen-bond donors (Lipinski definition) is 0. The predicted octanol–water partition coefficient (Wildman–Crippen LogP) is 2.55. The Hall–Kier alpha value is -0.330. The van der Waals surface area contributed by atoms with E-state index in [-0.39, 0.29) is 5.78 Å². The molecule has 0 saturated heterocycles. The Morgan fingerprint density at radius 2 is 1.91 bits per heavy atom. The van der Waals surface area contributed by atoms with Crippen molar-refractivity contribution in [2.24, 2.45) is 11.8 Å². The summed E-state index contributed by atoms with van der Waals surface area (Å²) in [6.07, 6.45) is 7.16. The highest BCUT2D eigenvalue weighted by Crippen LogP contribution is 2.38. The fourth-order valence-electron chi connectivity index (χ4n) is 2.45. The molecule has 0 bridgehead atoms. The lowest BCUT2D eigenvalue weighted by molar-refractivity contribution is -0.122. The van der Waals surface area contributed by atoms with Gasteiger partial charge < -0.3 is 0 Å². The van der Waals surface area contributed by atoms with E-state index in [9.17, 15) is 4.79 Å². The van der Waals surface area contributed by atoms with Crippen LogP contribution in [0.4, 0.5) is 0 Å². The van der Waals surface area contributed by atoms with Gasteiger partial charge >= 0.3 is 0 Å². The van der Waals surface area contributed by atoms with Crippen molar-refractivity contribution >= 4 is 5.78 Å². The monoisotopic (exact) mass is 153 g/mol.